The molecule has 0 unspecified atom stereocenters. The fourth-order valence-corrected chi connectivity index (χ4v) is 2.63. The molecule has 0 aliphatic heterocycles. The fraction of sp³-hybridized carbons (Fsp3) is 0.250. The molecule has 0 saturated heterocycles. The molecular formula is C12H10Cl2FNS. The predicted molar refractivity (Wildman–Crippen MR) is 71.6 cm³/mol. The number of nitrogens with zero attached hydrogens (tertiary/aromatic N) is 1. The van der Waals surface area contributed by atoms with Crippen LogP contribution in [0, 0.1) is 5.82 Å². The van der Waals surface area contributed by atoms with Crippen LogP contribution in [0.25, 0.3) is 10.6 Å². The lowest BCUT2D eigenvalue weighted by Gasteiger charge is -1.99. The molecule has 0 fully saturated rings. The van der Waals surface area contributed by atoms with Crippen molar-refractivity contribution in [2.24, 2.45) is 0 Å². The van der Waals surface area contributed by atoms with Gasteiger partial charge in [-0.1, -0.05) is 11.6 Å². The summed E-state index contributed by atoms with van der Waals surface area (Å²) in [4.78, 5) is 4.39. The summed E-state index contributed by atoms with van der Waals surface area (Å²) in [6.07, 6.45) is 1.71. The normalized spacial score (nSPS) is 10.8. The van der Waals surface area contributed by atoms with Gasteiger partial charge < -0.3 is 0 Å². The first kappa shape index (κ1) is 12.8. The summed E-state index contributed by atoms with van der Waals surface area (Å²) in [5, 5.41) is 3.02. The van der Waals surface area contributed by atoms with E-state index in [4.69, 9.17) is 23.2 Å². The van der Waals surface area contributed by atoms with Crippen molar-refractivity contribution in [3.8, 4) is 10.6 Å². The van der Waals surface area contributed by atoms with E-state index in [1.165, 1.54) is 17.4 Å². The summed E-state index contributed by atoms with van der Waals surface area (Å²) in [5.74, 6) is 0.276. The Hall–Kier alpha value is -0.640. The van der Waals surface area contributed by atoms with Crippen LogP contribution >= 0.6 is 34.5 Å². The van der Waals surface area contributed by atoms with Gasteiger partial charge in [0.2, 0.25) is 0 Å². The maximum atomic E-state index is 13.7. The third kappa shape index (κ3) is 3.18. The summed E-state index contributed by atoms with van der Waals surface area (Å²) in [6, 6.07) is 4.62. The molecule has 0 atom stereocenters. The Morgan fingerprint density at radius 1 is 1.35 bits per heavy atom. The van der Waals surface area contributed by atoms with Crippen LogP contribution in [0.4, 0.5) is 4.39 Å². The van der Waals surface area contributed by atoms with E-state index in [-0.39, 0.29) is 5.82 Å². The fourth-order valence-electron chi connectivity index (χ4n) is 1.46. The van der Waals surface area contributed by atoms with Gasteiger partial charge in [0.25, 0.3) is 0 Å². The first-order valence-electron chi connectivity index (χ1n) is 5.16. The van der Waals surface area contributed by atoms with Gasteiger partial charge in [0.05, 0.1) is 5.69 Å². The van der Waals surface area contributed by atoms with Gasteiger partial charge in [-0.2, -0.15) is 0 Å². The first-order valence-corrected chi connectivity index (χ1v) is 6.95. The molecule has 1 heterocycles. The maximum absolute atomic E-state index is 13.7. The van der Waals surface area contributed by atoms with Crippen LogP contribution < -0.4 is 0 Å². The van der Waals surface area contributed by atoms with E-state index < -0.39 is 0 Å². The summed E-state index contributed by atoms with van der Waals surface area (Å²) >= 11 is 12.8. The second-order valence-corrected chi connectivity index (χ2v) is 5.23. The molecule has 0 aliphatic carbocycles. The van der Waals surface area contributed by atoms with E-state index in [9.17, 15) is 4.39 Å². The van der Waals surface area contributed by atoms with E-state index in [1.807, 2.05) is 5.38 Å². The number of aryl methyl sites for hydroxylation is 1. The number of hydrogen-bond donors (Lipinski definition) is 0. The Morgan fingerprint density at radius 3 is 2.88 bits per heavy atom. The molecule has 0 spiro atoms. The quantitative estimate of drug-likeness (QED) is 0.739. The average molecular weight is 290 g/mol. The van der Waals surface area contributed by atoms with Crippen LogP contribution in [-0.2, 0) is 6.42 Å². The van der Waals surface area contributed by atoms with Crippen molar-refractivity contribution >= 4 is 34.5 Å². The predicted octanol–water partition coefficient (Wildman–Crippen LogP) is 4.77. The summed E-state index contributed by atoms with van der Waals surface area (Å²) < 4.78 is 13.7. The number of rotatable bonds is 4. The van der Waals surface area contributed by atoms with Crippen LogP contribution in [-0.4, -0.2) is 10.9 Å². The topological polar surface area (TPSA) is 12.9 Å². The first-order chi connectivity index (χ1) is 8.20. The third-order valence-electron chi connectivity index (χ3n) is 2.28. The number of hydrogen-bond acceptors (Lipinski definition) is 2. The van der Waals surface area contributed by atoms with E-state index >= 15 is 0 Å². The van der Waals surface area contributed by atoms with Crippen molar-refractivity contribution in [2.45, 2.75) is 12.8 Å². The summed E-state index contributed by atoms with van der Waals surface area (Å²) in [7, 11) is 0. The smallest absolute Gasteiger partial charge is 0.134 e. The molecule has 5 heteroatoms. The molecule has 0 amide bonds. The molecule has 2 aromatic rings. The SMILES string of the molecule is Fc1cc(Cl)ccc1-c1nc(CCCCl)cs1. The molecule has 0 saturated carbocycles. The monoisotopic (exact) mass is 289 g/mol. The van der Waals surface area contributed by atoms with Gasteiger partial charge in [0.15, 0.2) is 0 Å². The molecule has 17 heavy (non-hydrogen) atoms. The van der Waals surface area contributed by atoms with Crippen molar-refractivity contribution in [3.63, 3.8) is 0 Å². The molecule has 0 radical (unpaired) electrons. The minimum absolute atomic E-state index is 0.337. The highest BCUT2D eigenvalue weighted by atomic mass is 35.5. The van der Waals surface area contributed by atoms with E-state index in [0.717, 1.165) is 18.5 Å². The van der Waals surface area contributed by atoms with Crippen LogP contribution in [0.2, 0.25) is 5.02 Å². The largest absolute Gasteiger partial charge is 0.241 e. The van der Waals surface area contributed by atoms with Crippen LogP contribution in [0.1, 0.15) is 12.1 Å². The zero-order chi connectivity index (χ0) is 12.3. The maximum Gasteiger partial charge on any atom is 0.134 e. The van der Waals surface area contributed by atoms with Crippen LogP contribution in [0.5, 0.6) is 0 Å². The molecule has 1 nitrogen and oxygen atoms in total. The minimum atomic E-state index is -0.337. The lowest BCUT2D eigenvalue weighted by molar-refractivity contribution is 0.631. The van der Waals surface area contributed by atoms with Crippen LogP contribution in [0.15, 0.2) is 23.6 Å². The Balaban J connectivity index is 2.24. The zero-order valence-corrected chi connectivity index (χ0v) is 11.2. The summed E-state index contributed by atoms with van der Waals surface area (Å²) in [6.45, 7) is 0. The minimum Gasteiger partial charge on any atom is -0.241 e. The average Bonchev–Trinajstić information content (AvgIpc) is 2.75. The molecule has 90 valence electrons. The van der Waals surface area contributed by atoms with E-state index in [0.29, 0.717) is 21.5 Å². The van der Waals surface area contributed by atoms with Gasteiger partial charge in [-0.25, -0.2) is 9.37 Å². The van der Waals surface area contributed by atoms with Crippen molar-refractivity contribution < 1.29 is 4.39 Å². The van der Waals surface area contributed by atoms with Gasteiger partial charge in [0.1, 0.15) is 10.8 Å². The number of aromatic nitrogens is 1. The highest BCUT2D eigenvalue weighted by Crippen LogP contribution is 2.28. The lowest BCUT2D eigenvalue weighted by atomic mass is 10.2. The number of halogens is 3. The highest BCUT2D eigenvalue weighted by molar-refractivity contribution is 7.13. The lowest BCUT2D eigenvalue weighted by Crippen LogP contribution is -1.88. The Bertz CT molecular complexity index is 513. The van der Waals surface area contributed by atoms with E-state index in [2.05, 4.69) is 4.98 Å². The Kier molecular flexibility index (Phi) is 4.37. The summed E-state index contributed by atoms with van der Waals surface area (Å²) in [5.41, 5.74) is 1.46. The molecular weight excluding hydrogens is 280 g/mol. The molecule has 1 aromatic carbocycles. The van der Waals surface area contributed by atoms with Crippen molar-refractivity contribution in [1.82, 2.24) is 4.98 Å². The Morgan fingerprint density at radius 2 is 2.18 bits per heavy atom. The van der Waals surface area contributed by atoms with Crippen LogP contribution in [0.3, 0.4) is 0 Å². The van der Waals surface area contributed by atoms with Crippen molar-refractivity contribution in [2.75, 3.05) is 5.88 Å². The molecule has 0 bridgehead atoms. The van der Waals surface area contributed by atoms with Gasteiger partial charge in [-0.3, -0.25) is 0 Å². The van der Waals surface area contributed by atoms with Gasteiger partial charge in [-0.15, -0.1) is 22.9 Å². The Labute approximate surface area is 113 Å². The van der Waals surface area contributed by atoms with Crippen molar-refractivity contribution in [3.05, 3.63) is 40.1 Å². The number of thiazole rings is 1. The third-order valence-corrected chi connectivity index (χ3v) is 3.71. The molecule has 1 aromatic heterocycles. The second kappa shape index (κ2) is 5.80. The highest BCUT2D eigenvalue weighted by Gasteiger charge is 2.10. The zero-order valence-electron chi connectivity index (χ0n) is 8.92. The van der Waals surface area contributed by atoms with E-state index in [1.54, 1.807) is 12.1 Å². The van der Waals surface area contributed by atoms with Gasteiger partial charge in [-0.05, 0) is 31.0 Å². The molecule has 0 N–H and O–H groups in total. The van der Waals surface area contributed by atoms with Gasteiger partial charge >= 0.3 is 0 Å². The number of benzene rings is 1. The molecule has 0 aliphatic rings. The van der Waals surface area contributed by atoms with Crippen molar-refractivity contribution in [1.29, 1.82) is 0 Å². The molecule has 2 rings (SSSR count). The van der Waals surface area contributed by atoms with Gasteiger partial charge in [0, 0.05) is 21.8 Å². The number of alkyl halides is 1. The second-order valence-electron chi connectivity index (χ2n) is 3.56. The standard InChI is InChI=1S/C12H10Cl2FNS/c13-5-1-2-9-7-17-12(16-9)10-4-3-8(14)6-11(10)15/h3-4,6-7H,1-2,5H2.